The first kappa shape index (κ1) is 23.6. The normalized spacial score (nSPS) is 15.6. The largest absolute Gasteiger partial charge is 0.419 e. The van der Waals surface area contributed by atoms with Crippen molar-refractivity contribution in [2.75, 3.05) is 31.1 Å². The van der Waals surface area contributed by atoms with Gasteiger partial charge in [-0.3, -0.25) is 9.59 Å². The number of carbonyl (C=O) groups is 2. The molecule has 1 aromatic carbocycles. The van der Waals surface area contributed by atoms with Gasteiger partial charge in [0.15, 0.2) is 0 Å². The van der Waals surface area contributed by atoms with Crippen LogP contribution in [0.25, 0.3) is 0 Å². The van der Waals surface area contributed by atoms with Crippen molar-refractivity contribution in [3.8, 4) is 0 Å². The first-order chi connectivity index (χ1) is 15.1. The molecule has 9 heteroatoms. The average molecular weight is 448 g/mol. The Bertz CT molecular complexity index is 970. The van der Waals surface area contributed by atoms with Crippen LogP contribution in [0.3, 0.4) is 0 Å². The van der Waals surface area contributed by atoms with E-state index in [9.17, 15) is 22.8 Å². The van der Waals surface area contributed by atoms with Gasteiger partial charge in [-0.05, 0) is 36.6 Å². The van der Waals surface area contributed by atoms with Gasteiger partial charge in [0, 0.05) is 37.9 Å². The highest BCUT2D eigenvalue weighted by Gasteiger charge is 2.37. The van der Waals surface area contributed by atoms with E-state index >= 15 is 0 Å². The molecule has 1 fully saturated rings. The number of hydrogen-bond donors (Lipinski definition) is 1. The van der Waals surface area contributed by atoms with Crippen LogP contribution in [0, 0.1) is 12.8 Å². The summed E-state index contributed by atoms with van der Waals surface area (Å²) in [4.78, 5) is 33.0. The Morgan fingerprint density at radius 3 is 2.28 bits per heavy atom. The molecular weight excluding hydrogens is 421 g/mol. The van der Waals surface area contributed by atoms with Crippen LogP contribution in [0.2, 0.25) is 0 Å². The Morgan fingerprint density at radius 1 is 1.03 bits per heavy atom. The fourth-order valence-electron chi connectivity index (χ4n) is 3.77. The topological polar surface area (TPSA) is 65.5 Å². The van der Waals surface area contributed by atoms with Crippen LogP contribution in [0.5, 0.6) is 0 Å². The minimum atomic E-state index is -4.50. The number of anilines is 1. The fraction of sp³-hybridized carbons (Fsp3) is 0.435. The second-order valence-electron chi connectivity index (χ2n) is 8.19. The standard InChI is InChI=1S/C23H27F3N4O2/c1-15(2)19(28-21(31)17-8-5-4-7-16(17)3)22(32)30-13-11-29(12-14-30)20-18(23(24,25)26)9-6-10-27-20/h4-10,15,19H,11-14H2,1-3H3,(H,28,31). The zero-order chi connectivity index (χ0) is 23.5. The molecule has 1 unspecified atom stereocenters. The number of aromatic nitrogens is 1. The predicted molar refractivity (Wildman–Crippen MR) is 115 cm³/mol. The Hall–Kier alpha value is -3.10. The molecule has 1 aromatic heterocycles. The molecule has 6 nitrogen and oxygen atoms in total. The van der Waals surface area contributed by atoms with E-state index in [0.29, 0.717) is 5.56 Å². The van der Waals surface area contributed by atoms with E-state index in [1.807, 2.05) is 32.9 Å². The molecule has 0 radical (unpaired) electrons. The molecule has 2 heterocycles. The lowest BCUT2D eigenvalue weighted by molar-refractivity contribution is -0.138. The van der Waals surface area contributed by atoms with Gasteiger partial charge in [0.25, 0.3) is 5.91 Å². The first-order valence-electron chi connectivity index (χ1n) is 10.5. The number of halogens is 3. The van der Waals surface area contributed by atoms with E-state index in [-0.39, 0.29) is 49.7 Å². The molecule has 0 saturated carbocycles. The number of rotatable bonds is 5. The minimum absolute atomic E-state index is 0.125. The maximum Gasteiger partial charge on any atom is 0.419 e. The van der Waals surface area contributed by atoms with Gasteiger partial charge >= 0.3 is 6.18 Å². The molecule has 1 aliphatic rings. The zero-order valence-electron chi connectivity index (χ0n) is 18.3. The number of nitrogens with one attached hydrogen (secondary N) is 1. The third-order valence-corrected chi connectivity index (χ3v) is 5.59. The number of pyridine rings is 1. The maximum atomic E-state index is 13.3. The lowest BCUT2D eigenvalue weighted by Crippen LogP contribution is -2.56. The van der Waals surface area contributed by atoms with Crippen LogP contribution >= 0.6 is 0 Å². The van der Waals surface area contributed by atoms with Crippen molar-refractivity contribution in [3.63, 3.8) is 0 Å². The first-order valence-corrected chi connectivity index (χ1v) is 10.5. The number of hydrogen-bond acceptors (Lipinski definition) is 4. The fourth-order valence-corrected chi connectivity index (χ4v) is 3.77. The summed E-state index contributed by atoms with van der Waals surface area (Å²) in [5.41, 5.74) is 0.528. The number of amides is 2. The van der Waals surface area contributed by atoms with Gasteiger partial charge in [-0.25, -0.2) is 4.98 Å². The molecule has 1 saturated heterocycles. The molecule has 3 rings (SSSR count). The number of alkyl halides is 3. The second kappa shape index (κ2) is 9.58. The second-order valence-corrected chi connectivity index (χ2v) is 8.19. The van der Waals surface area contributed by atoms with E-state index in [2.05, 4.69) is 10.3 Å². The van der Waals surface area contributed by atoms with Crippen LogP contribution in [-0.4, -0.2) is 53.9 Å². The molecule has 2 aromatic rings. The summed E-state index contributed by atoms with van der Waals surface area (Å²) in [5, 5.41) is 2.84. The number of carbonyl (C=O) groups excluding carboxylic acids is 2. The van der Waals surface area contributed by atoms with Crippen molar-refractivity contribution in [1.82, 2.24) is 15.2 Å². The zero-order valence-corrected chi connectivity index (χ0v) is 18.3. The Kier molecular flexibility index (Phi) is 7.06. The van der Waals surface area contributed by atoms with Crippen molar-refractivity contribution in [3.05, 3.63) is 59.3 Å². The van der Waals surface area contributed by atoms with Crippen molar-refractivity contribution in [1.29, 1.82) is 0 Å². The smallest absolute Gasteiger partial charge is 0.353 e. The van der Waals surface area contributed by atoms with Crippen LogP contribution < -0.4 is 10.2 Å². The van der Waals surface area contributed by atoms with Gasteiger partial charge in [0.05, 0.1) is 5.56 Å². The predicted octanol–water partition coefficient (Wildman–Crippen LogP) is 3.51. The highest BCUT2D eigenvalue weighted by atomic mass is 19.4. The molecule has 172 valence electrons. The van der Waals surface area contributed by atoms with Crippen LogP contribution in [0.4, 0.5) is 19.0 Å². The molecule has 1 aliphatic heterocycles. The monoisotopic (exact) mass is 448 g/mol. The maximum absolute atomic E-state index is 13.3. The lowest BCUT2D eigenvalue weighted by atomic mass is 10.0. The molecule has 1 atom stereocenters. The summed E-state index contributed by atoms with van der Waals surface area (Å²) in [5.74, 6) is -0.836. The number of benzene rings is 1. The summed E-state index contributed by atoms with van der Waals surface area (Å²) in [7, 11) is 0. The van der Waals surface area contributed by atoms with Crippen molar-refractivity contribution < 1.29 is 22.8 Å². The van der Waals surface area contributed by atoms with E-state index < -0.39 is 17.8 Å². The van der Waals surface area contributed by atoms with Crippen LogP contribution in [0.15, 0.2) is 42.6 Å². The molecule has 0 bridgehead atoms. The summed E-state index contributed by atoms with van der Waals surface area (Å²) in [6, 6.07) is 8.67. The number of piperazine rings is 1. The van der Waals surface area contributed by atoms with Gasteiger partial charge in [0.2, 0.25) is 5.91 Å². The van der Waals surface area contributed by atoms with Crippen molar-refractivity contribution in [2.45, 2.75) is 33.0 Å². The van der Waals surface area contributed by atoms with E-state index in [0.717, 1.165) is 11.6 Å². The Labute approximate surface area is 185 Å². The van der Waals surface area contributed by atoms with Gasteiger partial charge in [0.1, 0.15) is 11.9 Å². The van der Waals surface area contributed by atoms with E-state index in [4.69, 9.17) is 0 Å². The summed E-state index contributed by atoms with van der Waals surface area (Å²) in [6.45, 7) is 6.46. The third kappa shape index (κ3) is 5.20. The minimum Gasteiger partial charge on any atom is -0.353 e. The molecule has 32 heavy (non-hydrogen) atoms. The highest BCUT2D eigenvalue weighted by Crippen LogP contribution is 2.35. The van der Waals surface area contributed by atoms with Gasteiger partial charge < -0.3 is 15.1 Å². The SMILES string of the molecule is Cc1ccccc1C(=O)NC(C(=O)N1CCN(c2ncccc2C(F)(F)F)CC1)C(C)C. The molecular formula is C23H27F3N4O2. The quantitative estimate of drug-likeness (QED) is 0.760. The third-order valence-electron chi connectivity index (χ3n) is 5.59. The van der Waals surface area contributed by atoms with Crippen molar-refractivity contribution in [2.24, 2.45) is 5.92 Å². The summed E-state index contributed by atoms with van der Waals surface area (Å²) in [6.07, 6.45) is -3.17. The van der Waals surface area contributed by atoms with Gasteiger partial charge in [-0.2, -0.15) is 13.2 Å². The molecule has 0 spiro atoms. The average Bonchev–Trinajstić information content (AvgIpc) is 2.76. The van der Waals surface area contributed by atoms with Gasteiger partial charge in [-0.1, -0.05) is 32.0 Å². The van der Waals surface area contributed by atoms with E-state index in [1.54, 1.807) is 21.9 Å². The Morgan fingerprint density at radius 2 is 1.69 bits per heavy atom. The molecule has 2 amide bonds. The van der Waals surface area contributed by atoms with Gasteiger partial charge in [-0.15, -0.1) is 0 Å². The van der Waals surface area contributed by atoms with Crippen LogP contribution in [-0.2, 0) is 11.0 Å². The molecule has 0 aliphatic carbocycles. The lowest BCUT2D eigenvalue weighted by Gasteiger charge is -2.38. The molecule has 1 N–H and O–H groups in total. The van der Waals surface area contributed by atoms with Crippen LogP contribution in [0.1, 0.15) is 35.3 Å². The number of nitrogens with zero attached hydrogens (tertiary/aromatic N) is 3. The Balaban J connectivity index is 1.68. The summed E-state index contributed by atoms with van der Waals surface area (Å²) >= 11 is 0. The van der Waals surface area contributed by atoms with E-state index in [1.165, 1.54) is 12.3 Å². The number of aryl methyl sites for hydroxylation is 1. The van der Waals surface area contributed by atoms with Crippen molar-refractivity contribution >= 4 is 17.6 Å². The highest BCUT2D eigenvalue weighted by molar-refractivity contribution is 5.98. The summed E-state index contributed by atoms with van der Waals surface area (Å²) < 4.78 is 40.0.